The third-order valence-electron chi connectivity index (χ3n) is 3.75. The minimum absolute atomic E-state index is 0.0390. The van der Waals surface area contributed by atoms with Crippen molar-refractivity contribution in [1.82, 2.24) is 10.2 Å². The zero-order valence-electron chi connectivity index (χ0n) is 11.2. The molecule has 1 aromatic carbocycles. The highest BCUT2D eigenvalue weighted by atomic mass is 35.5. The zero-order valence-corrected chi connectivity index (χ0v) is 11.9. The maximum atomic E-state index is 12.1. The van der Waals surface area contributed by atoms with Crippen LogP contribution in [0.25, 0.3) is 0 Å². The van der Waals surface area contributed by atoms with E-state index >= 15 is 0 Å². The van der Waals surface area contributed by atoms with E-state index in [1.54, 1.807) is 6.07 Å². The van der Waals surface area contributed by atoms with Gasteiger partial charge in [-0.2, -0.15) is 0 Å². The first-order valence-electron chi connectivity index (χ1n) is 6.47. The number of hydrogen-bond donors (Lipinski definition) is 2. The molecule has 104 valence electrons. The maximum absolute atomic E-state index is 12.1. The highest BCUT2D eigenvalue weighted by Gasteiger charge is 2.25. The van der Waals surface area contributed by atoms with Crippen molar-refractivity contribution in [1.29, 1.82) is 0 Å². The largest absolute Gasteiger partial charge is 0.507 e. The molecule has 2 atom stereocenters. The minimum Gasteiger partial charge on any atom is -0.507 e. The number of phenols is 1. The number of amides is 1. The Morgan fingerprint density at radius 3 is 2.95 bits per heavy atom. The van der Waals surface area contributed by atoms with E-state index in [0.29, 0.717) is 11.1 Å². The van der Waals surface area contributed by atoms with Crippen LogP contribution in [-0.4, -0.2) is 41.6 Å². The van der Waals surface area contributed by atoms with Crippen LogP contribution >= 0.6 is 11.6 Å². The number of halogens is 1. The lowest BCUT2D eigenvalue weighted by Gasteiger charge is -2.35. The summed E-state index contributed by atoms with van der Waals surface area (Å²) in [5.74, 6) is -0.301. The van der Waals surface area contributed by atoms with Crippen LogP contribution in [0.4, 0.5) is 0 Å². The number of piperidine rings is 1. The predicted molar refractivity (Wildman–Crippen MR) is 75.7 cm³/mol. The van der Waals surface area contributed by atoms with Gasteiger partial charge in [-0.3, -0.25) is 4.79 Å². The van der Waals surface area contributed by atoms with Gasteiger partial charge >= 0.3 is 0 Å². The second-order valence-corrected chi connectivity index (χ2v) is 5.62. The van der Waals surface area contributed by atoms with Crippen molar-refractivity contribution in [2.24, 2.45) is 0 Å². The van der Waals surface area contributed by atoms with E-state index in [1.165, 1.54) is 12.1 Å². The molecule has 2 N–H and O–H groups in total. The van der Waals surface area contributed by atoms with E-state index in [4.69, 9.17) is 11.6 Å². The quantitative estimate of drug-likeness (QED) is 0.875. The summed E-state index contributed by atoms with van der Waals surface area (Å²) < 4.78 is 0. The van der Waals surface area contributed by atoms with Crippen molar-refractivity contribution in [3.63, 3.8) is 0 Å². The van der Waals surface area contributed by atoms with Crippen molar-refractivity contribution >= 4 is 17.5 Å². The monoisotopic (exact) mass is 282 g/mol. The average molecular weight is 283 g/mol. The third kappa shape index (κ3) is 3.39. The van der Waals surface area contributed by atoms with Crippen molar-refractivity contribution in [3.8, 4) is 5.75 Å². The number of hydrogen-bond acceptors (Lipinski definition) is 3. The molecule has 1 amide bonds. The fourth-order valence-electron chi connectivity index (χ4n) is 2.37. The number of nitrogens with zero attached hydrogens (tertiary/aromatic N) is 1. The zero-order chi connectivity index (χ0) is 14.0. The standard InChI is InChI=1S/C14H19ClN2O2/c1-9-7-11(5-6-17(9)2)16-14(19)12-8-10(15)3-4-13(12)18/h3-4,8-9,11,18H,5-7H2,1-2H3,(H,16,19). The molecule has 1 heterocycles. The van der Waals surface area contributed by atoms with Crippen LogP contribution in [0.1, 0.15) is 30.1 Å². The van der Waals surface area contributed by atoms with E-state index in [2.05, 4.69) is 24.2 Å². The van der Waals surface area contributed by atoms with Gasteiger partial charge in [0.2, 0.25) is 0 Å². The van der Waals surface area contributed by atoms with Crippen molar-refractivity contribution in [3.05, 3.63) is 28.8 Å². The number of nitrogens with one attached hydrogen (secondary N) is 1. The first-order chi connectivity index (χ1) is 8.97. The Bertz CT molecular complexity index is 479. The average Bonchev–Trinajstić information content (AvgIpc) is 2.36. The SMILES string of the molecule is CC1CC(NC(=O)c2cc(Cl)ccc2O)CCN1C. The Morgan fingerprint density at radius 1 is 1.53 bits per heavy atom. The van der Waals surface area contributed by atoms with Gasteiger partial charge in [-0.25, -0.2) is 0 Å². The summed E-state index contributed by atoms with van der Waals surface area (Å²) in [5, 5.41) is 13.1. The van der Waals surface area contributed by atoms with Crippen molar-refractivity contribution in [2.45, 2.75) is 31.8 Å². The van der Waals surface area contributed by atoms with E-state index in [-0.39, 0.29) is 23.3 Å². The molecule has 0 bridgehead atoms. The van der Waals surface area contributed by atoms with Crippen LogP contribution in [-0.2, 0) is 0 Å². The van der Waals surface area contributed by atoms with Crippen molar-refractivity contribution < 1.29 is 9.90 Å². The van der Waals surface area contributed by atoms with Gasteiger partial charge < -0.3 is 15.3 Å². The van der Waals surface area contributed by atoms with Crippen LogP contribution in [0.15, 0.2) is 18.2 Å². The van der Waals surface area contributed by atoms with E-state index in [0.717, 1.165) is 19.4 Å². The van der Waals surface area contributed by atoms with Gasteiger partial charge in [0.15, 0.2) is 0 Å². The Morgan fingerprint density at radius 2 is 2.26 bits per heavy atom. The molecule has 1 aromatic rings. The van der Waals surface area contributed by atoms with Gasteiger partial charge in [-0.15, -0.1) is 0 Å². The number of carbonyl (C=O) groups is 1. The smallest absolute Gasteiger partial charge is 0.255 e. The summed E-state index contributed by atoms with van der Waals surface area (Å²) in [7, 11) is 2.09. The molecular weight excluding hydrogens is 264 g/mol. The summed E-state index contributed by atoms with van der Waals surface area (Å²) in [5.41, 5.74) is 0.235. The second-order valence-electron chi connectivity index (χ2n) is 5.19. The normalized spacial score (nSPS) is 24.2. The van der Waals surface area contributed by atoms with Gasteiger partial charge in [-0.05, 0) is 45.0 Å². The number of rotatable bonds is 2. The Labute approximate surface area is 118 Å². The number of benzene rings is 1. The first-order valence-corrected chi connectivity index (χ1v) is 6.85. The second kappa shape index (κ2) is 5.80. The molecule has 19 heavy (non-hydrogen) atoms. The number of likely N-dealkylation sites (tertiary alicyclic amines) is 1. The fourth-order valence-corrected chi connectivity index (χ4v) is 2.55. The molecule has 5 heteroatoms. The van der Waals surface area contributed by atoms with Gasteiger partial charge in [0, 0.05) is 23.7 Å². The lowest BCUT2D eigenvalue weighted by atomic mass is 9.98. The van der Waals surface area contributed by atoms with Crippen LogP contribution < -0.4 is 5.32 Å². The van der Waals surface area contributed by atoms with Gasteiger partial charge in [-0.1, -0.05) is 11.6 Å². The van der Waals surface area contributed by atoms with Crippen molar-refractivity contribution in [2.75, 3.05) is 13.6 Å². The summed E-state index contributed by atoms with van der Waals surface area (Å²) in [6.07, 6.45) is 1.84. The topological polar surface area (TPSA) is 52.6 Å². The molecule has 2 unspecified atom stereocenters. The third-order valence-corrected chi connectivity index (χ3v) is 3.98. The molecule has 4 nitrogen and oxygen atoms in total. The van der Waals surface area contributed by atoms with E-state index < -0.39 is 0 Å². The highest BCUT2D eigenvalue weighted by molar-refractivity contribution is 6.31. The van der Waals surface area contributed by atoms with Crippen LogP contribution in [0, 0.1) is 0 Å². The Hall–Kier alpha value is -1.26. The van der Waals surface area contributed by atoms with Crippen LogP contribution in [0.5, 0.6) is 5.75 Å². The molecule has 1 saturated heterocycles. The molecule has 1 aliphatic heterocycles. The predicted octanol–water partition coefficient (Wildman–Crippen LogP) is 2.26. The Balaban J connectivity index is 2.03. The lowest BCUT2D eigenvalue weighted by molar-refractivity contribution is 0.0894. The molecule has 2 rings (SSSR count). The Kier molecular flexibility index (Phi) is 4.32. The molecule has 0 radical (unpaired) electrons. The van der Waals surface area contributed by atoms with E-state index in [9.17, 15) is 9.90 Å². The molecule has 1 fully saturated rings. The van der Waals surface area contributed by atoms with Gasteiger partial charge in [0.05, 0.1) is 5.56 Å². The highest BCUT2D eigenvalue weighted by Crippen LogP contribution is 2.22. The summed E-state index contributed by atoms with van der Waals surface area (Å²) in [6.45, 7) is 3.11. The minimum atomic E-state index is -0.262. The number of aromatic hydroxyl groups is 1. The van der Waals surface area contributed by atoms with Crippen LogP contribution in [0.3, 0.4) is 0 Å². The fraction of sp³-hybridized carbons (Fsp3) is 0.500. The molecule has 0 spiro atoms. The molecule has 0 aromatic heterocycles. The first kappa shape index (κ1) is 14.2. The maximum Gasteiger partial charge on any atom is 0.255 e. The summed E-state index contributed by atoms with van der Waals surface area (Å²) in [6, 6.07) is 5.09. The summed E-state index contributed by atoms with van der Waals surface area (Å²) >= 11 is 5.85. The molecule has 1 aliphatic rings. The van der Waals surface area contributed by atoms with E-state index in [1.807, 2.05) is 0 Å². The van der Waals surface area contributed by atoms with Crippen LogP contribution in [0.2, 0.25) is 5.02 Å². The molecule has 0 aliphatic carbocycles. The van der Waals surface area contributed by atoms with Gasteiger partial charge in [0.25, 0.3) is 5.91 Å². The summed E-state index contributed by atoms with van der Waals surface area (Å²) in [4.78, 5) is 14.4. The number of phenolic OH excluding ortho intramolecular Hbond substituents is 1. The molecular formula is C14H19ClN2O2. The molecule has 0 saturated carbocycles. The van der Waals surface area contributed by atoms with Gasteiger partial charge in [0.1, 0.15) is 5.75 Å². The number of carbonyl (C=O) groups excluding carboxylic acids is 1. The lowest BCUT2D eigenvalue weighted by Crippen LogP contribution is -2.47.